The highest BCUT2D eigenvalue weighted by molar-refractivity contribution is 5.93. The van der Waals surface area contributed by atoms with Gasteiger partial charge in [0.1, 0.15) is 11.4 Å². The van der Waals surface area contributed by atoms with E-state index in [4.69, 9.17) is 9.15 Å². The first-order chi connectivity index (χ1) is 12.2. The molecule has 124 valence electrons. The first kappa shape index (κ1) is 15.1. The molecule has 0 radical (unpaired) electrons. The molecule has 0 fully saturated rings. The van der Waals surface area contributed by atoms with E-state index in [-0.39, 0.29) is 17.9 Å². The molecule has 0 saturated carbocycles. The fraction of sp³-hybridized carbons (Fsp3) is 0.105. The number of fused-ring (bicyclic) bond motifs is 2. The average molecular weight is 334 g/mol. The van der Waals surface area contributed by atoms with Gasteiger partial charge in [-0.2, -0.15) is 0 Å². The number of benzene rings is 2. The molecule has 1 N–H and O–H groups in total. The van der Waals surface area contributed by atoms with Crippen LogP contribution in [0.5, 0.6) is 0 Å². The molecule has 0 aliphatic rings. The van der Waals surface area contributed by atoms with E-state index >= 15 is 0 Å². The van der Waals surface area contributed by atoms with E-state index in [2.05, 4.69) is 9.97 Å². The van der Waals surface area contributed by atoms with Gasteiger partial charge in [0.15, 0.2) is 0 Å². The Bertz CT molecular complexity index is 1160. The van der Waals surface area contributed by atoms with Crippen LogP contribution in [0, 0.1) is 0 Å². The van der Waals surface area contributed by atoms with E-state index in [0.717, 1.165) is 10.9 Å². The molecule has 6 heteroatoms. The molecule has 2 aromatic heterocycles. The first-order valence-electron chi connectivity index (χ1n) is 7.86. The van der Waals surface area contributed by atoms with Gasteiger partial charge in [-0.3, -0.25) is 4.79 Å². The van der Waals surface area contributed by atoms with Crippen LogP contribution in [0.4, 0.5) is 0 Å². The van der Waals surface area contributed by atoms with E-state index < -0.39 is 5.97 Å². The summed E-state index contributed by atoms with van der Waals surface area (Å²) in [4.78, 5) is 31.3. The largest absolute Gasteiger partial charge is 0.460 e. The number of hydrogen-bond acceptors (Lipinski definition) is 5. The Kier molecular flexibility index (Phi) is 3.57. The maximum atomic E-state index is 12.2. The molecule has 0 spiro atoms. The van der Waals surface area contributed by atoms with Gasteiger partial charge in [-0.15, -0.1) is 0 Å². The van der Waals surface area contributed by atoms with Crippen LogP contribution in [0.3, 0.4) is 0 Å². The second kappa shape index (κ2) is 5.90. The van der Waals surface area contributed by atoms with Crippen LogP contribution in [-0.2, 0) is 4.74 Å². The summed E-state index contributed by atoms with van der Waals surface area (Å²) in [6.45, 7) is 2.02. The number of nitrogens with zero attached hydrogens (tertiary/aromatic N) is 1. The van der Waals surface area contributed by atoms with Crippen molar-refractivity contribution in [2.24, 2.45) is 0 Å². The molecule has 0 aliphatic carbocycles. The summed E-state index contributed by atoms with van der Waals surface area (Å²) < 4.78 is 10.4. The first-order valence-corrected chi connectivity index (χ1v) is 7.86. The van der Waals surface area contributed by atoms with Crippen molar-refractivity contribution in [1.29, 1.82) is 0 Å². The van der Waals surface area contributed by atoms with Crippen LogP contribution in [0.15, 0.2) is 57.7 Å². The summed E-state index contributed by atoms with van der Waals surface area (Å²) in [5, 5.41) is 1.27. The van der Waals surface area contributed by atoms with Crippen molar-refractivity contribution in [2.45, 2.75) is 6.92 Å². The van der Waals surface area contributed by atoms with Crippen LogP contribution < -0.4 is 5.56 Å². The number of para-hydroxylation sites is 1. The number of H-pyrrole nitrogens is 1. The van der Waals surface area contributed by atoms with Gasteiger partial charge in [-0.1, -0.05) is 12.1 Å². The van der Waals surface area contributed by atoms with Crippen molar-refractivity contribution in [1.82, 2.24) is 9.97 Å². The number of aromatic nitrogens is 2. The third-order valence-electron chi connectivity index (χ3n) is 3.88. The maximum Gasteiger partial charge on any atom is 0.374 e. The van der Waals surface area contributed by atoms with Gasteiger partial charge in [0, 0.05) is 10.9 Å². The zero-order chi connectivity index (χ0) is 17.4. The number of aromatic amines is 1. The molecule has 25 heavy (non-hydrogen) atoms. The lowest BCUT2D eigenvalue weighted by Crippen LogP contribution is -2.09. The zero-order valence-corrected chi connectivity index (χ0v) is 13.4. The van der Waals surface area contributed by atoms with Crippen molar-refractivity contribution >= 4 is 27.8 Å². The third-order valence-corrected chi connectivity index (χ3v) is 3.88. The molecular weight excluding hydrogens is 320 g/mol. The normalized spacial score (nSPS) is 11.1. The van der Waals surface area contributed by atoms with Crippen LogP contribution in [0.1, 0.15) is 17.5 Å². The molecule has 0 unspecified atom stereocenters. The highest BCUT2D eigenvalue weighted by Gasteiger charge is 2.14. The molecule has 0 bridgehead atoms. The van der Waals surface area contributed by atoms with Gasteiger partial charge in [0.25, 0.3) is 5.56 Å². The summed E-state index contributed by atoms with van der Waals surface area (Å²) in [7, 11) is 0. The minimum absolute atomic E-state index is 0.147. The number of nitrogens with one attached hydrogen (secondary N) is 1. The van der Waals surface area contributed by atoms with Gasteiger partial charge in [0.2, 0.25) is 5.76 Å². The van der Waals surface area contributed by atoms with E-state index in [1.165, 1.54) is 0 Å². The Balaban J connectivity index is 1.82. The smallest absolute Gasteiger partial charge is 0.374 e. The molecule has 6 nitrogen and oxygen atoms in total. The van der Waals surface area contributed by atoms with Crippen LogP contribution >= 0.6 is 0 Å². The molecule has 0 atom stereocenters. The van der Waals surface area contributed by atoms with Gasteiger partial charge in [-0.05, 0) is 43.3 Å². The van der Waals surface area contributed by atoms with Crippen LogP contribution in [0.25, 0.3) is 33.3 Å². The maximum absolute atomic E-state index is 12.2. The Labute approximate surface area is 142 Å². The summed E-state index contributed by atoms with van der Waals surface area (Å²) in [6, 6.07) is 14.1. The molecule has 0 aliphatic heterocycles. The predicted octanol–water partition coefficient (Wildman–Crippen LogP) is 3.51. The number of ether oxygens (including phenoxy) is 1. The Hall–Kier alpha value is -3.41. The topological polar surface area (TPSA) is 85.2 Å². The standard InChI is InChI=1S/C19H14N2O4/c1-2-24-19(23)16-10-12-9-11(7-8-15(12)25-16)17-20-14-6-4-3-5-13(14)18(22)21-17/h3-10H,2H2,1H3,(H,20,21,22). The van der Waals surface area contributed by atoms with Gasteiger partial charge in [-0.25, -0.2) is 9.78 Å². The Morgan fingerprint density at radius 1 is 1.20 bits per heavy atom. The lowest BCUT2D eigenvalue weighted by molar-refractivity contribution is 0.0492. The highest BCUT2D eigenvalue weighted by atomic mass is 16.5. The molecule has 0 saturated heterocycles. The number of carbonyl (C=O) groups is 1. The van der Waals surface area contributed by atoms with Crippen LogP contribution in [-0.4, -0.2) is 22.5 Å². The second-order valence-corrected chi connectivity index (χ2v) is 5.52. The number of carbonyl (C=O) groups excluding carboxylic acids is 1. The van der Waals surface area contributed by atoms with E-state index in [0.29, 0.717) is 22.3 Å². The minimum atomic E-state index is -0.502. The molecule has 4 rings (SSSR count). The summed E-state index contributed by atoms with van der Waals surface area (Å²) >= 11 is 0. The number of hydrogen-bond donors (Lipinski definition) is 1. The van der Waals surface area contributed by atoms with Gasteiger partial charge < -0.3 is 14.1 Å². The number of esters is 1. The third kappa shape index (κ3) is 2.67. The highest BCUT2D eigenvalue weighted by Crippen LogP contribution is 2.25. The molecule has 2 aromatic carbocycles. The lowest BCUT2D eigenvalue weighted by Gasteiger charge is -2.03. The summed E-state index contributed by atoms with van der Waals surface area (Å²) in [6.07, 6.45) is 0. The molecule has 2 heterocycles. The Morgan fingerprint density at radius 3 is 2.88 bits per heavy atom. The summed E-state index contributed by atoms with van der Waals surface area (Å²) in [5.41, 5.74) is 1.72. The predicted molar refractivity (Wildman–Crippen MR) is 93.5 cm³/mol. The van der Waals surface area contributed by atoms with E-state index in [1.807, 2.05) is 12.1 Å². The molecule has 0 amide bonds. The summed E-state index contributed by atoms with van der Waals surface area (Å²) in [5.74, 6) is 0.107. The quantitative estimate of drug-likeness (QED) is 0.580. The second-order valence-electron chi connectivity index (χ2n) is 5.52. The van der Waals surface area contributed by atoms with Crippen molar-refractivity contribution in [3.05, 3.63) is 64.6 Å². The SMILES string of the molecule is CCOC(=O)c1cc2cc(-c3nc4ccccc4c(=O)[nH]3)ccc2o1. The van der Waals surface area contributed by atoms with E-state index in [1.54, 1.807) is 43.3 Å². The zero-order valence-electron chi connectivity index (χ0n) is 13.4. The number of rotatable bonds is 3. The van der Waals surface area contributed by atoms with Crippen LogP contribution in [0.2, 0.25) is 0 Å². The van der Waals surface area contributed by atoms with Crippen molar-refractivity contribution in [3.63, 3.8) is 0 Å². The fourth-order valence-electron chi connectivity index (χ4n) is 2.72. The van der Waals surface area contributed by atoms with E-state index in [9.17, 15) is 9.59 Å². The van der Waals surface area contributed by atoms with Crippen molar-refractivity contribution in [2.75, 3.05) is 6.61 Å². The molecule has 4 aromatic rings. The fourth-order valence-corrected chi connectivity index (χ4v) is 2.72. The Morgan fingerprint density at radius 2 is 2.04 bits per heavy atom. The number of furan rings is 1. The van der Waals surface area contributed by atoms with Crippen molar-refractivity contribution in [3.8, 4) is 11.4 Å². The van der Waals surface area contributed by atoms with Gasteiger partial charge in [0.05, 0.1) is 17.5 Å². The average Bonchev–Trinajstić information content (AvgIpc) is 3.05. The molecular formula is C19H14N2O4. The van der Waals surface area contributed by atoms with Crippen molar-refractivity contribution < 1.29 is 13.9 Å². The van der Waals surface area contributed by atoms with Gasteiger partial charge >= 0.3 is 5.97 Å². The lowest BCUT2D eigenvalue weighted by atomic mass is 10.1. The monoisotopic (exact) mass is 334 g/mol. The minimum Gasteiger partial charge on any atom is -0.460 e.